The van der Waals surface area contributed by atoms with Gasteiger partial charge in [-0.25, -0.2) is 0 Å². The van der Waals surface area contributed by atoms with Crippen LogP contribution in [-0.2, 0) is 6.61 Å². The highest BCUT2D eigenvalue weighted by Crippen LogP contribution is 2.30. The second-order valence-corrected chi connectivity index (χ2v) is 3.67. The van der Waals surface area contributed by atoms with Gasteiger partial charge in [0.2, 0.25) is 0 Å². The van der Waals surface area contributed by atoms with E-state index in [1.807, 2.05) is 0 Å². The molecule has 0 radical (unpaired) electrons. The van der Waals surface area contributed by atoms with Crippen LogP contribution in [0.25, 0.3) is 0 Å². The third kappa shape index (κ3) is 2.76. The third-order valence-corrected chi connectivity index (χ3v) is 2.30. The Hall–Kier alpha value is -2.01. The zero-order valence-corrected chi connectivity index (χ0v) is 9.39. The van der Waals surface area contributed by atoms with Crippen LogP contribution in [0.15, 0.2) is 41.0 Å². The highest BCUT2D eigenvalue weighted by Gasteiger charge is 2.15. The first-order chi connectivity index (χ1) is 8.16. The topological polar surface area (TPSA) is 65.5 Å². The first-order valence-corrected chi connectivity index (χ1v) is 5.14. The Kier molecular flexibility index (Phi) is 3.30. The summed E-state index contributed by atoms with van der Waals surface area (Å²) in [6.45, 7) is 0.119. The van der Waals surface area contributed by atoms with Crippen molar-refractivity contribution in [3.8, 4) is 5.75 Å². The van der Waals surface area contributed by atoms with Gasteiger partial charge in [-0.1, -0.05) is 11.6 Å². The van der Waals surface area contributed by atoms with E-state index < -0.39 is 4.92 Å². The second-order valence-electron chi connectivity index (χ2n) is 3.24. The van der Waals surface area contributed by atoms with Crippen molar-refractivity contribution in [1.29, 1.82) is 0 Å². The zero-order chi connectivity index (χ0) is 12.3. The molecule has 0 aliphatic carbocycles. The molecule has 2 rings (SSSR count). The molecule has 1 heterocycles. The van der Waals surface area contributed by atoms with Crippen molar-refractivity contribution in [2.45, 2.75) is 6.61 Å². The molecule has 0 unspecified atom stereocenters. The van der Waals surface area contributed by atoms with Crippen molar-refractivity contribution < 1.29 is 14.1 Å². The molecule has 0 saturated carbocycles. The number of ether oxygens (including phenoxy) is 1. The van der Waals surface area contributed by atoms with Crippen LogP contribution in [0.2, 0.25) is 5.02 Å². The fourth-order valence-electron chi connectivity index (χ4n) is 1.30. The molecule has 6 heteroatoms. The first kappa shape index (κ1) is 11.5. The maximum Gasteiger partial charge on any atom is 0.311 e. The van der Waals surface area contributed by atoms with Crippen LogP contribution in [0.3, 0.4) is 0 Å². The molecule has 5 nitrogen and oxygen atoms in total. The van der Waals surface area contributed by atoms with Gasteiger partial charge in [0.15, 0.2) is 5.75 Å². The first-order valence-electron chi connectivity index (χ1n) is 4.76. The normalized spacial score (nSPS) is 10.2. The summed E-state index contributed by atoms with van der Waals surface area (Å²) in [7, 11) is 0. The molecule has 17 heavy (non-hydrogen) atoms. The second kappa shape index (κ2) is 4.88. The van der Waals surface area contributed by atoms with Crippen LogP contribution in [0.4, 0.5) is 5.69 Å². The number of rotatable bonds is 4. The van der Waals surface area contributed by atoms with Gasteiger partial charge in [0.1, 0.15) is 12.4 Å². The molecular weight excluding hydrogens is 246 g/mol. The quantitative estimate of drug-likeness (QED) is 0.618. The lowest BCUT2D eigenvalue weighted by molar-refractivity contribution is -0.386. The molecule has 0 saturated heterocycles. The molecule has 0 bridgehead atoms. The minimum Gasteiger partial charge on any atom is -0.479 e. The smallest absolute Gasteiger partial charge is 0.311 e. The molecule has 2 aromatic rings. The number of hydrogen-bond donors (Lipinski definition) is 0. The lowest BCUT2D eigenvalue weighted by Gasteiger charge is -2.05. The van der Waals surface area contributed by atoms with Gasteiger partial charge in [-0.05, 0) is 18.2 Å². The Balaban J connectivity index is 2.19. The molecule has 0 fully saturated rings. The van der Waals surface area contributed by atoms with Crippen molar-refractivity contribution >= 4 is 17.3 Å². The molecule has 1 aromatic heterocycles. The van der Waals surface area contributed by atoms with Gasteiger partial charge in [-0.2, -0.15) is 0 Å². The number of benzene rings is 1. The predicted molar refractivity (Wildman–Crippen MR) is 61.1 cm³/mol. The maximum atomic E-state index is 10.8. The van der Waals surface area contributed by atoms with E-state index in [2.05, 4.69) is 0 Å². The zero-order valence-electron chi connectivity index (χ0n) is 8.63. The molecule has 1 aromatic carbocycles. The summed E-state index contributed by atoms with van der Waals surface area (Å²) in [6, 6.07) is 7.59. The van der Waals surface area contributed by atoms with Crippen LogP contribution < -0.4 is 4.74 Å². The number of nitro groups is 1. The minimum atomic E-state index is -0.520. The lowest BCUT2D eigenvalue weighted by Crippen LogP contribution is -1.98. The van der Waals surface area contributed by atoms with Gasteiger partial charge in [0.25, 0.3) is 0 Å². The molecule has 0 amide bonds. The van der Waals surface area contributed by atoms with E-state index in [0.717, 1.165) is 0 Å². The average Bonchev–Trinajstić information content (AvgIpc) is 2.78. The molecule has 0 spiro atoms. The van der Waals surface area contributed by atoms with Crippen LogP contribution in [0, 0.1) is 10.1 Å². The lowest BCUT2D eigenvalue weighted by atomic mass is 10.3. The summed E-state index contributed by atoms with van der Waals surface area (Å²) in [6.07, 6.45) is 1.51. The Labute approximate surface area is 102 Å². The maximum absolute atomic E-state index is 10.8. The molecule has 88 valence electrons. The van der Waals surface area contributed by atoms with Gasteiger partial charge in [0.05, 0.1) is 11.2 Å². The van der Waals surface area contributed by atoms with Crippen molar-refractivity contribution in [2.24, 2.45) is 0 Å². The van der Waals surface area contributed by atoms with Gasteiger partial charge in [-0.15, -0.1) is 0 Å². The van der Waals surface area contributed by atoms with Crippen LogP contribution in [0.5, 0.6) is 5.75 Å². The van der Waals surface area contributed by atoms with Crippen molar-refractivity contribution in [3.05, 3.63) is 57.5 Å². The third-order valence-electron chi connectivity index (χ3n) is 2.07. The highest BCUT2D eigenvalue weighted by molar-refractivity contribution is 6.30. The number of nitro benzene ring substituents is 1. The van der Waals surface area contributed by atoms with Crippen LogP contribution >= 0.6 is 11.6 Å². The van der Waals surface area contributed by atoms with E-state index >= 15 is 0 Å². The van der Waals surface area contributed by atoms with E-state index in [1.165, 1.54) is 24.5 Å². The van der Waals surface area contributed by atoms with Crippen LogP contribution in [-0.4, -0.2) is 4.92 Å². The number of halogens is 1. The van der Waals surface area contributed by atoms with Crippen molar-refractivity contribution in [1.82, 2.24) is 0 Å². The summed E-state index contributed by atoms with van der Waals surface area (Å²) in [5.41, 5.74) is -0.124. The summed E-state index contributed by atoms with van der Waals surface area (Å²) in [4.78, 5) is 10.2. The number of nitrogens with zero attached hydrogens (tertiary/aromatic N) is 1. The van der Waals surface area contributed by atoms with Gasteiger partial charge < -0.3 is 9.15 Å². The van der Waals surface area contributed by atoms with E-state index in [4.69, 9.17) is 20.8 Å². The van der Waals surface area contributed by atoms with Gasteiger partial charge >= 0.3 is 5.69 Å². The summed E-state index contributed by atoms with van der Waals surface area (Å²) in [5, 5.41) is 11.1. The van der Waals surface area contributed by atoms with Crippen molar-refractivity contribution in [2.75, 3.05) is 0 Å². The van der Waals surface area contributed by atoms with Gasteiger partial charge in [0, 0.05) is 17.2 Å². The molecular formula is C11H8ClNO4. The average molecular weight is 254 g/mol. The SMILES string of the molecule is O=[N+]([O-])c1ccc(Cl)cc1OCc1ccco1. The molecule has 0 atom stereocenters. The largest absolute Gasteiger partial charge is 0.479 e. The predicted octanol–water partition coefficient (Wildman–Crippen LogP) is 3.42. The van der Waals surface area contributed by atoms with E-state index in [0.29, 0.717) is 10.8 Å². The number of hydrogen-bond acceptors (Lipinski definition) is 4. The Morgan fingerprint density at radius 1 is 1.41 bits per heavy atom. The molecule has 0 aliphatic heterocycles. The monoisotopic (exact) mass is 253 g/mol. The minimum absolute atomic E-state index is 0.119. The standard InChI is InChI=1S/C11H8ClNO4/c12-8-3-4-10(13(14)15)11(6-8)17-7-9-2-1-5-16-9/h1-6H,7H2. The van der Waals surface area contributed by atoms with E-state index in [9.17, 15) is 10.1 Å². The van der Waals surface area contributed by atoms with E-state index in [1.54, 1.807) is 12.1 Å². The summed E-state index contributed by atoms with van der Waals surface area (Å²) < 4.78 is 10.4. The van der Waals surface area contributed by atoms with Crippen molar-refractivity contribution in [3.63, 3.8) is 0 Å². The fourth-order valence-corrected chi connectivity index (χ4v) is 1.46. The highest BCUT2D eigenvalue weighted by atomic mass is 35.5. The Morgan fingerprint density at radius 2 is 2.24 bits per heavy atom. The molecule has 0 aliphatic rings. The van der Waals surface area contributed by atoms with Gasteiger partial charge in [-0.3, -0.25) is 10.1 Å². The fraction of sp³-hybridized carbons (Fsp3) is 0.0909. The summed E-state index contributed by atoms with van der Waals surface area (Å²) >= 11 is 5.76. The Morgan fingerprint density at radius 3 is 2.88 bits per heavy atom. The summed E-state index contributed by atoms with van der Waals surface area (Å²) in [5.74, 6) is 0.707. The Bertz CT molecular complexity index is 524. The number of furan rings is 1. The van der Waals surface area contributed by atoms with Crippen LogP contribution in [0.1, 0.15) is 5.76 Å². The van der Waals surface area contributed by atoms with E-state index in [-0.39, 0.29) is 18.0 Å². The molecule has 0 N–H and O–H groups in total.